The van der Waals surface area contributed by atoms with E-state index >= 15 is 0 Å². The molecule has 0 aromatic heterocycles. The van der Waals surface area contributed by atoms with Gasteiger partial charge in [0.1, 0.15) is 0 Å². The fraction of sp³-hybridized carbons (Fsp3) is 0.864. The van der Waals surface area contributed by atoms with Gasteiger partial charge in [-0.1, -0.05) is 206 Å². The first-order chi connectivity index (χ1) is 25.5. The van der Waals surface area contributed by atoms with Gasteiger partial charge in [0.2, 0.25) is 0 Å². The first kappa shape index (κ1) is 57.9. The molecule has 0 aromatic carbocycles. The van der Waals surface area contributed by atoms with E-state index in [1.165, 1.54) is 167 Å². The Morgan fingerprint density at radius 3 is 0.741 bits per heavy atom. The molecule has 0 saturated heterocycles. The molecule has 0 heterocycles. The molecule has 0 bridgehead atoms. The minimum absolute atomic E-state index is 0. The zero-order valence-electron chi connectivity index (χ0n) is 33.9. The summed E-state index contributed by atoms with van der Waals surface area (Å²) >= 11 is 0. The number of rotatable bonds is 40. The molecule has 0 aliphatic heterocycles. The molecule has 0 radical (unpaired) electrons. The van der Waals surface area contributed by atoms with Crippen LogP contribution < -0.4 is 0 Å². The second-order valence-electron chi connectivity index (χ2n) is 14.6. The van der Waals surface area contributed by atoms with E-state index < -0.39 is 37.1 Å². The summed E-state index contributed by atoms with van der Waals surface area (Å²) in [6.45, 7) is 4.07. The molecule has 308 valence electrons. The van der Waals surface area contributed by atoms with Crippen molar-refractivity contribution in [2.75, 3.05) is 26.4 Å². The molecule has 0 saturated carbocycles. The Kier molecular flexibility index (Phi) is 52.3. The van der Waals surface area contributed by atoms with E-state index in [9.17, 15) is 19.2 Å². The molecule has 0 N–H and O–H groups in total. The summed E-state index contributed by atoms with van der Waals surface area (Å²) < 4.78 is 19.8. The van der Waals surface area contributed by atoms with Crippen LogP contribution in [0.25, 0.3) is 0 Å². The summed E-state index contributed by atoms with van der Waals surface area (Å²) in [4.78, 5) is 47.2. The predicted molar refractivity (Wildman–Crippen MR) is 226 cm³/mol. The second kappa shape index (κ2) is 48.8. The molecular formula is C44H82Na2O8. The van der Waals surface area contributed by atoms with Gasteiger partial charge in [0.15, 0.2) is 13.2 Å². The minimum atomic E-state index is -0.873. The van der Waals surface area contributed by atoms with E-state index in [4.69, 9.17) is 18.9 Å². The van der Waals surface area contributed by atoms with Gasteiger partial charge in [-0.25, -0.2) is 19.2 Å². The van der Waals surface area contributed by atoms with Crippen LogP contribution in [0.2, 0.25) is 0 Å². The Bertz CT molecular complexity index is 800. The van der Waals surface area contributed by atoms with E-state index in [2.05, 4.69) is 13.8 Å². The molecule has 0 aliphatic rings. The maximum atomic E-state index is 11.8. The molecule has 0 atom stereocenters. The Morgan fingerprint density at radius 2 is 0.519 bits per heavy atom. The molecular weight excluding hydrogens is 702 g/mol. The molecule has 54 heavy (non-hydrogen) atoms. The third-order valence-electron chi connectivity index (χ3n) is 9.54. The van der Waals surface area contributed by atoms with Crippen molar-refractivity contribution in [3.63, 3.8) is 0 Å². The van der Waals surface area contributed by atoms with Gasteiger partial charge in [0, 0.05) is 12.2 Å². The predicted octanol–water partition coefficient (Wildman–Crippen LogP) is 10.9. The summed E-state index contributed by atoms with van der Waals surface area (Å²) in [5.74, 6) is -3.00. The van der Waals surface area contributed by atoms with Crippen molar-refractivity contribution < 1.29 is 38.1 Å². The Morgan fingerprint density at radius 1 is 0.315 bits per heavy atom. The number of ether oxygens (including phenoxy) is 4. The molecule has 0 spiro atoms. The fourth-order valence-corrected chi connectivity index (χ4v) is 6.25. The summed E-state index contributed by atoms with van der Waals surface area (Å²) in [7, 11) is 0. The third-order valence-corrected chi connectivity index (χ3v) is 9.54. The first-order valence-corrected chi connectivity index (χ1v) is 21.8. The van der Waals surface area contributed by atoms with Crippen LogP contribution in [-0.2, 0) is 38.1 Å². The third kappa shape index (κ3) is 47.8. The average Bonchev–Trinajstić information content (AvgIpc) is 3.14. The van der Waals surface area contributed by atoms with Gasteiger partial charge in [0.05, 0.1) is 13.2 Å². The van der Waals surface area contributed by atoms with Gasteiger partial charge >= 0.3 is 83.0 Å². The summed E-state index contributed by atoms with van der Waals surface area (Å²) in [5, 5.41) is 0. The monoisotopic (exact) mass is 785 g/mol. The number of carbonyl (C=O) groups excluding carboxylic acids is 4. The Labute approximate surface area is 376 Å². The first-order valence-electron chi connectivity index (χ1n) is 21.8. The van der Waals surface area contributed by atoms with E-state index in [-0.39, 0.29) is 59.1 Å². The molecule has 10 heteroatoms. The van der Waals surface area contributed by atoms with Gasteiger partial charge < -0.3 is 18.9 Å². The zero-order valence-corrected chi connectivity index (χ0v) is 33.9. The van der Waals surface area contributed by atoms with Crippen LogP contribution in [0.3, 0.4) is 0 Å². The van der Waals surface area contributed by atoms with E-state index in [1.807, 2.05) is 0 Å². The van der Waals surface area contributed by atoms with Gasteiger partial charge in [-0.15, -0.1) is 0 Å². The van der Waals surface area contributed by atoms with E-state index in [1.54, 1.807) is 0 Å². The summed E-state index contributed by atoms with van der Waals surface area (Å²) in [6, 6.07) is 0. The topological polar surface area (TPSA) is 105 Å². The van der Waals surface area contributed by atoms with Crippen LogP contribution >= 0.6 is 0 Å². The normalized spacial score (nSPS) is 10.8. The summed E-state index contributed by atoms with van der Waals surface area (Å²) in [6.07, 6.45) is 42.5. The van der Waals surface area contributed by atoms with Crippen LogP contribution in [0.15, 0.2) is 12.2 Å². The second-order valence-corrected chi connectivity index (χ2v) is 14.6. The molecule has 0 aliphatic carbocycles. The van der Waals surface area contributed by atoms with Gasteiger partial charge in [-0.2, -0.15) is 0 Å². The van der Waals surface area contributed by atoms with Crippen molar-refractivity contribution in [3.05, 3.63) is 12.2 Å². The Hall–Kier alpha value is -0.380. The molecule has 0 rings (SSSR count). The number of esters is 4. The van der Waals surface area contributed by atoms with Crippen LogP contribution in [-0.4, -0.2) is 109 Å². The zero-order chi connectivity index (χ0) is 38.0. The SMILES string of the molecule is CCCCCCCCCCCCCCCCCCOC(=O)COC(=O)/C=C/C(=O)OCC(=O)OCCCCCCCCCCCCCCCCCC.[NaH].[NaH]. The van der Waals surface area contributed by atoms with E-state index in [0.29, 0.717) is 13.2 Å². The molecule has 0 amide bonds. The molecule has 0 unspecified atom stereocenters. The fourth-order valence-electron chi connectivity index (χ4n) is 6.25. The van der Waals surface area contributed by atoms with Crippen molar-refractivity contribution >= 4 is 83.0 Å². The average molecular weight is 785 g/mol. The quantitative estimate of drug-likeness (QED) is 0.0199. The number of unbranched alkanes of at least 4 members (excludes halogenated alkanes) is 30. The van der Waals surface area contributed by atoms with Crippen molar-refractivity contribution in [2.45, 2.75) is 219 Å². The standard InChI is InChI=1S/C44H80O8.2Na.2H/c1-3-5-7-9-11-13-15-17-19-21-23-25-27-29-31-33-37-49-43(47)39-51-41(45)35-36-42(46)52-40-44(48)50-38-34-32-30-28-26-24-22-20-18-16-14-12-10-8-6-4-2;;;;/h35-36H,3-34,37-40H2,1-2H3;;;;/b36-35+;;;;. The van der Waals surface area contributed by atoms with E-state index in [0.717, 1.165) is 50.7 Å². The van der Waals surface area contributed by atoms with Gasteiger partial charge in [-0.05, 0) is 12.8 Å². The van der Waals surface area contributed by atoms with Crippen molar-refractivity contribution in [1.29, 1.82) is 0 Å². The number of carbonyl (C=O) groups is 4. The number of hydrogen-bond acceptors (Lipinski definition) is 8. The molecule has 8 nitrogen and oxygen atoms in total. The summed E-state index contributed by atoms with van der Waals surface area (Å²) in [5.41, 5.74) is 0. The van der Waals surface area contributed by atoms with Crippen molar-refractivity contribution in [1.82, 2.24) is 0 Å². The van der Waals surface area contributed by atoms with Gasteiger partial charge in [0.25, 0.3) is 0 Å². The molecule has 0 aromatic rings. The van der Waals surface area contributed by atoms with Crippen LogP contribution in [0.4, 0.5) is 0 Å². The Balaban J connectivity index is -0.0000130. The maximum absolute atomic E-state index is 11.8. The van der Waals surface area contributed by atoms with Crippen LogP contribution in [0.1, 0.15) is 219 Å². The number of hydrogen-bond donors (Lipinski definition) is 0. The van der Waals surface area contributed by atoms with Crippen molar-refractivity contribution in [2.24, 2.45) is 0 Å². The molecule has 0 fully saturated rings. The van der Waals surface area contributed by atoms with Crippen LogP contribution in [0, 0.1) is 0 Å². The van der Waals surface area contributed by atoms with Crippen molar-refractivity contribution in [3.8, 4) is 0 Å². The van der Waals surface area contributed by atoms with Gasteiger partial charge in [-0.3, -0.25) is 0 Å². The van der Waals surface area contributed by atoms with Crippen LogP contribution in [0.5, 0.6) is 0 Å².